The first-order valence-corrected chi connectivity index (χ1v) is 12.2. The SMILES string of the molecule is CCCC1(C(=O)O)CCCN(C(=O)[C@@H](C)Oc2ccc3c(-c4ccccc4C)c[nH]c(=O)c3c2)C1. The second kappa shape index (κ2) is 9.94. The zero-order chi connectivity index (χ0) is 25.2. The zero-order valence-corrected chi connectivity index (χ0v) is 20.5. The van der Waals surface area contributed by atoms with Gasteiger partial charge in [-0.15, -0.1) is 0 Å². The van der Waals surface area contributed by atoms with Crippen LogP contribution in [-0.2, 0) is 9.59 Å². The second-order valence-electron chi connectivity index (χ2n) is 9.51. The molecule has 1 unspecified atom stereocenters. The predicted molar refractivity (Wildman–Crippen MR) is 136 cm³/mol. The van der Waals surface area contributed by atoms with Crippen LogP contribution in [0.15, 0.2) is 53.5 Å². The van der Waals surface area contributed by atoms with Crippen molar-refractivity contribution in [2.24, 2.45) is 5.41 Å². The number of aromatic amines is 1. The van der Waals surface area contributed by atoms with Gasteiger partial charge in [-0.3, -0.25) is 14.4 Å². The predicted octanol–water partition coefficient (Wildman–Crippen LogP) is 4.76. The molecule has 7 heteroatoms. The number of carboxylic acid groups (broad SMARTS) is 1. The fraction of sp³-hybridized carbons (Fsp3) is 0.393. The van der Waals surface area contributed by atoms with Crippen molar-refractivity contribution in [2.75, 3.05) is 13.1 Å². The quantitative estimate of drug-likeness (QED) is 0.512. The molecule has 2 atom stereocenters. The molecule has 2 heterocycles. The van der Waals surface area contributed by atoms with Gasteiger partial charge in [0.2, 0.25) is 0 Å². The first-order valence-electron chi connectivity index (χ1n) is 12.2. The lowest BCUT2D eigenvalue weighted by Gasteiger charge is -2.40. The molecule has 3 aromatic rings. The van der Waals surface area contributed by atoms with Gasteiger partial charge in [-0.05, 0) is 67.8 Å². The van der Waals surface area contributed by atoms with E-state index in [9.17, 15) is 19.5 Å². The molecule has 0 radical (unpaired) electrons. The van der Waals surface area contributed by atoms with Crippen molar-refractivity contribution in [3.8, 4) is 16.9 Å². The molecule has 7 nitrogen and oxygen atoms in total. The number of aliphatic carboxylic acids is 1. The number of fused-ring (bicyclic) bond motifs is 1. The normalized spacial score (nSPS) is 18.9. The van der Waals surface area contributed by atoms with Crippen molar-refractivity contribution in [1.82, 2.24) is 9.88 Å². The van der Waals surface area contributed by atoms with Gasteiger partial charge in [-0.1, -0.05) is 37.6 Å². The summed E-state index contributed by atoms with van der Waals surface area (Å²) in [5.74, 6) is -0.668. The second-order valence-corrected chi connectivity index (χ2v) is 9.51. The number of carbonyl (C=O) groups is 2. The standard InChI is InChI=1S/C28H32N2O5/c1-4-12-28(27(33)34)13-7-14-30(17-28)26(32)19(3)35-20-10-11-22-23(15-20)25(31)29-16-24(22)21-9-6-5-8-18(21)2/h5-6,8-11,15-16,19H,4,7,12-14,17H2,1-3H3,(H,29,31)(H,33,34)/t19-,28?/m1/s1. The summed E-state index contributed by atoms with van der Waals surface area (Å²) < 4.78 is 5.96. The van der Waals surface area contributed by atoms with Crippen LogP contribution in [0.1, 0.15) is 45.1 Å². The summed E-state index contributed by atoms with van der Waals surface area (Å²) in [6.07, 6.45) is 3.43. The highest BCUT2D eigenvalue weighted by Gasteiger charge is 2.43. The van der Waals surface area contributed by atoms with Gasteiger partial charge >= 0.3 is 5.97 Å². The highest BCUT2D eigenvalue weighted by Crippen LogP contribution is 2.36. The Bertz CT molecular complexity index is 1310. The van der Waals surface area contributed by atoms with Crippen LogP contribution < -0.4 is 10.3 Å². The molecule has 4 rings (SSSR count). The van der Waals surface area contributed by atoms with Crippen molar-refractivity contribution in [2.45, 2.75) is 52.6 Å². The molecule has 35 heavy (non-hydrogen) atoms. The number of carbonyl (C=O) groups excluding carboxylic acids is 1. The Morgan fingerprint density at radius 1 is 1.17 bits per heavy atom. The Balaban J connectivity index is 1.57. The molecular weight excluding hydrogens is 444 g/mol. The van der Waals surface area contributed by atoms with Gasteiger partial charge in [0.1, 0.15) is 5.75 Å². The molecule has 184 valence electrons. The number of H-pyrrole nitrogens is 1. The lowest BCUT2D eigenvalue weighted by atomic mass is 9.76. The summed E-state index contributed by atoms with van der Waals surface area (Å²) in [6.45, 7) is 6.36. The van der Waals surface area contributed by atoms with E-state index < -0.39 is 17.5 Å². The number of ether oxygens (including phenoxy) is 1. The number of nitrogens with zero attached hydrogens (tertiary/aromatic N) is 1. The van der Waals surface area contributed by atoms with Gasteiger partial charge in [0, 0.05) is 24.8 Å². The van der Waals surface area contributed by atoms with Crippen LogP contribution in [0.4, 0.5) is 0 Å². The summed E-state index contributed by atoms with van der Waals surface area (Å²) in [7, 11) is 0. The largest absolute Gasteiger partial charge is 0.481 e. The van der Waals surface area contributed by atoms with Gasteiger partial charge < -0.3 is 19.7 Å². The molecule has 1 aromatic heterocycles. The minimum atomic E-state index is -0.898. The summed E-state index contributed by atoms with van der Waals surface area (Å²) in [4.78, 5) is 42.2. The highest BCUT2D eigenvalue weighted by molar-refractivity contribution is 5.97. The smallest absolute Gasteiger partial charge is 0.311 e. The minimum Gasteiger partial charge on any atom is -0.481 e. The molecule has 1 saturated heterocycles. The topological polar surface area (TPSA) is 99.7 Å². The number of nitrogens with one attached hydrogen (secondary N) is 1. The van der Waals surface area contributed by atoms with Crippen molar-refractivity contribution in [1.29, 1.82) is 0 Å². The number of hydrogen-bond donors (Lipinski definition) is 2. The van der Waals surface area contributed by atoms with E-state index in [1.165, 1.54) is 0 Å². The number of pyridine rings is 1. The van der Waals surface area contributed by atoms with Gasteiger partial charge in [0.05, 0.1) is 10.8 Å². The Morgan fingerprint density at radius 3 is 2.66 bits per heavy atom. The Labute approximate surface area is 204 Å². The van der Waals surface area contributed by atoms with Gasteiger partial charge in [0.15, 0.2) is 6.10 Å². The molecule has 0 aliphatic carbocycles. The number of carboxylic acids is 1. The zero-order valence-electron chi connectivity index (χ0n) is 20.5. The maximum absolute atomic E-state index is 13.2. The van der Waals surface area contributed by atoms with E-state index >= 15 is 0 Å². The van der Waals surface area contributed by atoms with Crippen LogP contribution in [0.5, 0.6) is 5.75 Å². The third kappa shape index (κ3) is 4.81. The number of aromatic nitrogens is 1. The first-order chi connectivity index (χ1) is 16.8. The number of aryl methyl sites for hydroxylation is 1. The third-order valence-electron chi connectivity index (χ3n) is 7.04. The summed E-state index contributed by atoms with van der Waals surface area (Å²) >= 11 is 0. The van der Waals surface area contributed by atoms with E-state index in [2.05, 4.69) is 4.98 Å². The fourth-order valence-electron chi connectivity index (χ4n) is 5.21. The van der Waals surface area contributed by atoms with E-state index in [4.69, 9.17) is 4.74 Å². The van der Waals surface area contributed by atoms with Gasteiger partial charge in [0.25, 0.3) is 11.5 Å². The molecule has 0 spiro atoms. The van der Waals surface area contributed by atoms with Crippen molar-refractivity contribution in [3.63, 3.8) is 0 Å². The number of piperidine rings is 1. The number of hydrogen-bond acceptors (Lipinski definition) is 4. The molecule has 1 aliphatic heterocycles. The summed E-state index contributed by atoms with van der Waals surface area (Å²) in [6, 6.07) is 13.2. The molecule has 0 bridgehead atoms. The van der Waals surface area contributed by atoms with Crippen LogP contribution in [0.25, 0.3) is 21.9 Å². The maximum Gasteiger partial charge on any atom is 0.311 e. The van der Waals surface area contributed by atoms with E-state index in [0.717, 1.165) is 28.5 Å². The lowest BCUT2D eigenvalue weighted by Crippen LogP contribution is -2.52. The van der Waals surface area contributed by atoms with Crippen LogP contribution in [0.3, 0.4) is 0 Å². The third-order valence-corrected chi connectivity index (χ3v) is 7.04. The fourth-order valence-corrected chi connectivity index (χ4v) is 5.21. The van der Waals surface area contributed by atoms with Crippen LogP contribution in [-0.4, -0.2) is 46.1 Å². The molecule has 2 aromatic carbocycles. The average Bonchev–Trinajstić information content (AvgIpc) is 2.85. The number of amides is 1. The van der Waals surface area contributed by atoms with E-state index in [0.29, 0.717) is 36.9 Å². The van der Waals surface area contributed by atoms with Crippen molar-refractivity contribution >= 4 is 22.6 Å². The molecule has 1 fully saturated rings. The first kappa shape index (κ1) is 24.5. The van der Waals surface area contributed by atoms with Crippen molar-refractivity contribution < 1.29 is 19.4 Å². The average molecular weight is 477 g/mol. The van der Waals surface area contributed by atoms with E-state index in [1.807, 2.05) is 44.2 Å². The Kier molecular flexibility index (Phi) is 6.96. The number of likely N-dealkylation sites (tertiary alicyclic amines) is 1. The summed E-state index contributed by atoms with van der Waals surface area (Å²) in [5.41, 5.74) is 1.92. The number of rotatable bonds is 7. The summed E-state index contributed by atoms with van der Waals surface area (Å²) in [5, 5.41) is 11.1. The monoisotopic (exact) mass is 476 g/mol. The minimum absolute atomic E-state index is 0.194. The van der Waals surface area contributed by atoms with Gasteiger partial charge in [-0.2, -0.15) is 0 Å². The molecular formula is C28H32N2O5. The van der Waals surface area contributed by atoms with Crippen LogP contribution in [0, 0.1) is 12.3 Å². The Morgan fingerprint density at radius 2 is 1.94 bits per heavy atom. The van der Waals surface area contributed by atoms with Crippen LogP contribution >= 0.6 is 0 Å². The Hall–Kier alpha value is -3.61. The van der Waals surface area contributed by atoms with Crippen LogP contribution in [0.2, 0.25) is 0 Å². The van der Waals surface area contributed by atoms with Gasteiger partial charge in [-0.25, -0.2) is 0 Å². The molecule has 0 saturated carbocycles. The molecule has 1 aliphatic rings. The molecule has 1 amide bonds. The number of benzene rings is 2. The van der Waals surface area contributed by atoms with E-state index in [1.54, 1.807) is 30.2 Å². The lowest BCUT2D eigenvalue weighted by molar-refractivity contribution is -0.157. The van der Waals surface area contributed by atoms with Crippen molar-refractivity contribution in [3.05, 3.63) is 64.6 Å². The maximum atomic E-state index is 13.2. The molecule has 2 N–H and O–H groups in total. The highest BCUT2D eigenvalue weighted by atomic mass is 16.5. The van der Waals surface area contributed by atoms with E-state index in [-0.39, 0.29) is 18.0 Å².